The fraction of sp³-hybridized carbons (Fsp3) is 0.316. The van der Waals surface area contributed by atoms with Crippen molar-refractivity contribution < 1.29 is 9.53 Å². The molecule has 2 aromatic rings. The highest BCUT2D eigenvalue weighted by Gasteiger charge is 2.51. The van der Waals surface area contributed by atoms with Crippen molar-refractivity contribution in [3.63, 3.8) is 0 Å². The van der Waals surface area contributed by atoms with E-state index in [1.807, 2.05) is 30.3 Å². The summed E-state index contributed by atoms with van der Waals surface area (Å²) in [6, 6.07) is 16.2. The molecular weight excluding hydrogens is 260 g/mol. The quantitative estimate of drug-likeness (QED) is 0.795. The van der Waals surface area contributed by atoms with Crippen LogP contribution in [0.4, 0.5) is 0 Å². The second-order valence-electron chi connectivity index (χ2n) is 6.02. The number of ketones is 1. The molecule has 1 aliphatic heterocycles. The van der Waals surface area contributed by atoms with Gasteiger partial charge in [0.1, 0.15) is 5.75 Å². The molecule has 2 nitrogen and oxygen atoms in total. The number of aryl methyl sites for hydroxylation is 1. The summed E-state index contributed by atoms with van der Waals surface area (Å²) >= 11 is 0. The number of rotatable bonds is 3. The molecule has 2 heteroatoms. The van der Waals surface area contributed by atoms with Gasteiger partial charge < -0.3 is 4.74 Å². The first-order valence-corrected chi connectivity index (χ1v) is 7.66. The van der Waals surface area contributed by atoms with Crippen LogP contribution in [0.15, 0.2) is 48.5 Å². The number of hydrogen-bond acceptors (Lipinski definition) is 2. The molecule has 21 heavy (non-hydrogen) atoms. The second kappa shape index (κ2) is 4.73. The lowest BCUT2D eigenvalue weighted by Crippen LogP contribution is -2.23. The Morgan fingerprint density at radius 1 is 1.00 bits per heavy atom. The summed E-state index contributed by atoms with van der Waals surface area (Å²) in [5.74, 6) is 1.06. The highest BCUT2D eigenvalue weighted by molar-refractivity contribution is 6.08. The molecule has 106 valence electrons. The van der Waals surface area contributed by atoms with E-state index in [1.165, 1.54) is 5.56 Å². The van der Waals surface area contributed by atoms with Crippen LogP contribution in [0, 0.1) is 0 Å². The third-order valence-corrected chi connectivity index (χ3v) is 4.69. The van der Waals surface area contributed by atoms with Crippen LogP contribution in [-0.4, -0.2) is 12.4 Å². The smallest absolute Gasteiger partial charge is 0.177 e. The van der Waals surface area contributed by atoms with Crippen LogP contribution in [0.1, 0.15) is 40.7 Å². The third kappa shape index (κ3) is 1.98. The zero-order chi connectivity index (χ0) is 14.3. The molecule has 0 unspecified atom stereocenters. The molecule has 0 N–H and O–H groups in total. The number of benzene rings is 2. The summed E-state index contributed by atoms with van der Waals surface area (Å²) in [6.07, 6.45) is 3.93. The van der Waals surface area contributed by atoms with E-state index in [-0.39, 0.29) is 11.2 Å². The Morgan fingerprint density at radius 2 is 1.81 bits per heavy atom. The minimum absolute atomic E-state index is 0.229. The summed E-state index contributed by atoms with van der Waals surface area (Å²) in [7, 11) is 0. The monoisotopic (exact) mass is 278 g/mol. The van der Waals surface area contributed by atoms with Crippen LogP contribution in [0.5, 0.6) is 5.75 Å². The number of hydrogen-bond donors (Lipinski definition) is 0. The Bertz CT molecular complexity index is 684. The number of carbonyl (C=O) groups is 1. The predicted molar refractivity (Wildman–Crippen MR) is 81.9 cm³/mol. The lowest BCUT2D eigenvalue weighted by Gasteiger charge is -2.22. The maximum absolute atomic E-state index is 13.1. The molecule has 1 aliphatic carbocycles. The fourth-order valence-electron chi connectivity index (χ4n) is 3.35. The average molecular weight is 278 g/mol. The number of para-hydroxylation sites is 1. The number of carbonyl (C=O) groups excluding carboxylic acids is 1. The topological polar surface area (TPSA) is 26.3 Å². The van der Waals surface area contributed by atoms with Gasteiger partial charge >= 0.3 is 0 Å². The van der Waals surface area contributed by atoms with Crippen molar-refractivity contribution in [2.75, 3.05) is 6.61 Å². The normalized spacial score (nSPS) is 18.5. The zero-order valence-electron chi connectivity index (χ0n) is 12.0. The van der Waals surface area contributed by atoms with E-state index in [0.717, 1.165) is 49.2 Å². The second-order valence-corrected chi connectivity index (χ2v) is 6.02. The molecule has 2 aromatic carbocycles. The maximum atomic E-state index is 13.1. The van der Waals surface area contributed by atoms with E-state index in [1.54, 1.807) is 0 Å². The highest BCUT2D eigenvalue weighted by atomic mass is 16.5. The van der Waals surface area contributed by atoms with Crippen LogP contribution < -0.4 is 4.74 Å². The van der Waals surface area contributed by atoms with Gasteiger partial charge in [0.15, 0.2) is 5.78 Å². The van der Waals surface area contributed by atoms with E-state index >= 15 is 0 Å². The predicted octanol–water partition coefficient (Wildman–Crippen LogP) is 3.93. The molecule has 0 spiro atoms. The van der Waals surface area contributed by atoms with Gasteiger partial charge in [0.2, 0.25) is 0 Å². The SMILES string of the molecule is O=C(c1cccc2c1OCCC2)C1(c2ccccc2)CC1. The van der Waals surface area contributed by atoms with Crippen molar-refractivity contribution in [2.24, 2.45) is 0 Å². The summed E-state index contributed by atoms with van der Waals surface area (Å²) in [5.41, 5.74) is 2.78. The molecule has 0 aromatic heterocycles. The van der Waals surface area contributed by atoms with Gasteiger partial charge in [-0.25, -0.2) is 0 Å². The lowest BCUT2D eigenvalue weighted by atomic mass is 9.86. The summed E-state index contributed by atoms with van der Waals surface area (Å²) < 4.78 is 5.81. The molecule has 0 saturated heterocycles. The van der Waals surface area contributed by atoms with Crippen LogP contribution in [-0.2, 0) is 11.8 Å². The molecule has 0 atom stereocenters. The van der Waals surface area contributed by atoms with Gasteiger partial charge in [0.25, 0.3) is 0 Å². The van der Waals surface area contributed by atoms with Crippen molar-refractivity contribution in [3.8, 4) is 5.75 Å². The van der Waals surface area contributed by atoms with Gasteiger partial charge in [-0.1, -0.05) is 42.5 Å². The first-order chi connectivity index (χ1) is 10.3. The van der Waals surface area contributed by atoms with E-state index in [2.05, 4.69) is 18.2 Å². The Kier molecular flexibility index (Phi) is 2.85. The molecule has 4 rings (SSSR count). The maximum Gasteiger partial charge on any atom is 0.177 e. The average Bonchev–Trinajstić information content (AvgIpc) is 3.36. The van der Waals surface area contributed by atoms with Crippen LogP contribution in [0.3, 0.4) is 0 Å². The van der Waals surface area contributed by atoms with E-state index in [9.17, 15) is 4.79 Å². The molecule has 0 bridgehead atoms. The number of Topliss-reactive ketones (excluding diaryl/α,β-unsaturated/α-hetero) is 1. The first kappa shape index (κ1) is 12.6. The molecule has 0 radical (unpaired) electrons. The van der Waals surface area contributed by atoms with Gasteiger partial charge in [-0.2, -0.15) is 0 Å². The summed E-state index contributed by atoms with van der Waals surface area (Å²) in [4.78, 5) is 13.1. The molecule has 1 saturated carbocycles. The zero-order valence-corrected chi connectivity index (χ0v) is 12.0. The Morgan fingerprint density at radius 3 is 2.57 bits per heavy atom. The Hall–Kier alpha value is -2.09. The van der Waals surface area contributed by atoms with Crippen LogP contribution in [0.2, 0.25) is 0 Å². The number of ether oxygens (including phenoxy) is 1. The minimum Gasteiger partial charge on any atom is -0.493 e. The summed E-state index contributed by atoms with van der Waals surface area (Å²) in [5, 5.41) is 0. The lowest BCUT2D eigenvalue weighted by molar-refractivity contribution is 0.0941. The van der Waals surface area contributed by atoms with Gasteiger partial charge in [0, 0.05) is 0 Å². The van der Waals surface area contributed by atoms with Crippen LogP contribution in [0.25, 0.3) is 0 Å². The molecule has 1 heterocycles. The van der Waals surface area contributed by atoms with Gasteiger partial charge in [-0.15, -0.1) is 0 Å². The third-order valence-electron chi connectivity index (χ3n) is 4.69. The number of fused-ring (bicyclic) bond motifs is 1. The van der Waals surface area contributed by atoms with Gasteiger partial charge in [-0.05, 0) is 42.9 Å². The van der Waals surface area contributed by atoms with Crippen molar-refractivity contribution in [1.29, 1.82) is 0 Å². The van der Waals surface area contributed by atoms with Crippen molar-refractivity contribution in [2.45, 2.75) is 31.1 Å². The molecule has 2 aliphatic rings. The Labute approximate surface area is 124 Å². The molecule has 1 fully saturated rings. The molecular formula is C19H18O2. The van der Waals surface area contributed by atoms with Gasteiger partial charge in [-0.3, -0.25) is 4.79 Å². The van der Waals surface area contributed by atoms with E-state index in [0.29, 0.717) is 0 Å². The van der Waals surface area contributed by atoms with E-state index in [4.69, 9.17) is 4.74 Å². The van der Waals surface area contributed by atoms with Gasteiger partial charge in [0.05, 0.1) is 17.6 Å². The first-order valence-electron chi connectivity index (χ1n) is 7.66. The largest absolute Gasteiger partial charge is 0.493 e. The van der Waals surface area contributed by atoms with Crippen molar-refractivity contribution in [3.05, 3.63) is 65.2 Å². The summed E-state index contributed by atoms with van der Waals surface area (Å²) in [6.45, 7) is 0.718. The Balaban J connectivity index is 1.76. The standard InChI is InChI=1S/C19H18O2/c20-18(19(11-12-19)15-8-2-1-3-9-15)16-10-4-6-14-7-5-13-21-17(14)16/h1-4,6,8-10H,5,7,11-13H2. The van der Waals surface area contributed by atoms with E-state index < -0.39 is 0 Å². The van der Waals surface area contributed by atoms with Crippen LogP contribution >= 0.6 is 0 Å². The fourth-order valence-corrected chi connectivity index (χ4v) is 3.35. The minimum atomic E-state index is -0.308. The van der Waals surface area contributed by atoms with Crippen molar-refractivity contribution >= 4 is 5.78 Å². The molecule has 0 amide bonds. The van der Waals surface area contributed by atoms with Crippen molar-refractivity contribution in [1.82, 2.24) is 0 Å². The highest BCUT2D eigenvalue weighted by Crippen LogP contribution is 2.51.